The van der Waals surface area contributed by atoms with E-state index in [1.165, 1.54) is 49.9 Å². The molecule has 70 heavy (non-hydrogen) atoms. The number of anilines is 1. The quantitative estimate of drug-likeness (QED) is 0.0183. The average Bonchev–Trinajstić information content (AvgIpc) is 3.85. The van der Waals surface area contributed by atoms with Crippen LogP contribution in [0, 0.1) is 52.3 Å². The van der Waals surface area contributed by atoms with E-state index in [1.807, 2.05) is 70.2 Å². The SMILES string of the molecule is C/C=C\C1(C)/C(=C\C=O)CCC2C1C(O)CC1(C)C(C(=O)COP(=O)(O)OP(O)Oc3ccc(NC(=O)OCC4c5ccccc5-c5ccccc54)cc3)CCC21.CC.CC1C#CCCCCC1.SS. The molecule has 0 heterocycles. The highest BCUT2D eigenvalue weighted by atomic mass is 33.1. The molecule has 16 heteroatoms. The number of ketones is 1. The highest BCUT2D eigenvalue weighted by Gasteiger charge is 2.62. The van der Waals surface area contributed by atoms with Gasteiger partial charge in [0, 0.05) is 41.2 Å². The second kappa shape index (κ2) is 26.8. The smallest absolute Gasteiger partial charge is 0.448 e. The number of ether oxygens (including phenoxy) is 1. The fourth-order valence-corrected chi connectivity index (χ4v) is 13.4. The molecule has 8 rings (SSSR count). The summed E-state index contributed by atoms with van der Waals surface area (Å²) in [5, 5.41) is 14.3. The molecule has 5 aliphatic carbocycles. The zero-order valence-corrected chi connectivity index (χ0v) is 44.7. The highest BCUT2D eigenvalue weighted by molar-refractivity contribution is 8.59. The first-order valence-electron chi connectivity index (χ1n) is 24.4. The molecular weight excluding hydrogens is 965 g/mol. The predicted octanol–water partition coefficient (Wildman–Crippen LogP) is 13.3. The number of phosphoric acid groups is 1. The lowest BCUT2D eigenvalue weighted by Crippen LogP contribution is -2.56. The first kappa shape index (κ1) is 57.2. The van der Waals surface area contributed by atoms with Gasteiger partial charge in [0.2, 0.25) is 0 Å². The molecule has 0 saturated heterocycles. The second-order valence-electron chi connectivity index (χ2n) is 18.8. The number of rotatable bonds is 13. The van der Waals surface area contributed by atoms with E-state index in [2.05, 4.69) is 72.5 Å². The van der Waals surface area contributed by atoms with Crippen LogP contribution in [-0.4, -0.2) is 52.4 Å². The van der Waals surface area contributed by atoms with Gasteiger partial charge in [-0.15, -0.1) is 35.2 Å². The summed E-state index contributed by atoms with van der Waals surface area (Å²) in [5.74, 6) is 6.34. The molecule has 5 aliphatic rings. The lowest BCUT2D eigenvalue weighted by atomic mass is 9.47. The number of benzene rings is 3. The number of carbonyl (C=O) groups is 3. The number of aliphatic hydroxyl groups excluding tert-OH is 1. The molecule has 0 radical (unpaired) electrons. The van der Waals surface area contributed by atoms with Crippen molar-refractivity contribution in [2.24, 2.45) is 40.4 Å². The topological polar surface area (TPSA) is 178 Å². The van der Waals surface area contributed by atoms with Crippen molar-refractivity contribution in [3.05, 3.63) is 108 Å². The van der Waals surface area contributed by atoms with Gasteiger partial charge in [-0.2, -0.15) is 0 Å². The molecule has 10 atom stereocenters. The third kappa shape index (κ3) is 13.9. The van der Waals surface area contributed by atoms with Crippen LogP contribution in [0.4, 0.5) is 10.5 Å². The van der Waals surface area contributed by atoms with Crippen LogP contribution in [0.5, 0.6) is 5.75 Å². The van der Waals surface area contributed by atoms with Crippen molar-refractivity contribution in [1.82, 2.24) is 0 Å². The molecule has 3 saturated carbocycles. The molecule has 1 amide bonds. The number of hydrogen-bond donors (Lipinski definition) is 6. The van der Waals surface area contributed by atoms with Gasteiger partial charge in [-0.1, -0.05) is 114 Å². The lowest BCUT2D eigenvalue weighted by Gasteiger charge is -2.58. The Morgan fingerprint density at radius 3 is 2.24 bits per heavy atom. The molecule has 3 fully saturated rings. The van der Waals surface area contributed by atoms with Gasteiger partial charge in [-0.25, -0.2) is 13.7 Å². The molecule has 0 bridgehead atoms. The van der Waals surface area contributed by atoms with E-state index < -0.39 is 52.0 Å². The van der Waals surface area contributed by atoms with E-state index in [4.69, 9.17) is 18.1 Å². The van der Waals surface area contributed by atoms with Crippen LogP contribution in [0.15, 0.2) is 96.6 Å². The second-order valence-corrected chi connectivity index (χ2v) is 21.3. The van der Waals surface area contributed by atoms with E-state index >= 15 is 0 Å². The van der Waals surface area contributed by atoms with Gasteiger partial charge < -0.3 is 24.2 Å². The van der Waals surface area contributed by atoms with Crippen LogP contribution >= 0.6 is 39.7 Å². The number of allylic oxidation sites excluding steroid dienone is 4. The molecule has 3 aromatic rings. The first-order valence-corrected chi connectivity index (χ1v) is 28.6. The Hall–Kier alpha value is -3.73. The number of Topliss-reactive ketones (excluding diaryl/α,β-unsaturated/α-hetero) is 1. The molecule has 0 aliphatic heterocycles. The van der Waals surface area contributed by atoms with Crippen molar-refractivity contribution in [2.75, 3.05) is 18.5 Å². The third-order valence-corrected chi connectivity index (χ3v) is 16.9. The Labute approximate surface area is 426 Å². The summed E-state index contributed by atoms with van der Waals surface area (Å²) >= 11 is 6.44. The standard InChI is InChI=1S/C43H49NO11P2.C9H14.C2H6.H2S2/c1-4-22-42(2)27(21-23-45)13-18-34-36-19-20-37(43(36,3)24-38(46)40(34)42)39(47)26-53-57(50,51)55-56(49)54-29-16-14-28(15-17-29)44-41(48)52-25-35-32-11-7-5-9-30(32)31-10-6-8-12-33(31)35;1-9-7-5-3-2-4-6-8-9;2*1-2/h4-12,14-17,21-23,34-38,40,46,49H,13,18-20,24-26H2,1-3H3,(H,44,48)(H,50,51);9H,2-5,7H2,1H3;1-2H3;1-2H/b22-4-,27-21-;;;. The van der Waals surface area contributed by atoms with Crippen molar-refractivity contribution in [1.29, 1.82) is 0 Å². The Morgan fingerprint density at radius 1 is 0.943 bits per heavy atom. The van der Waals surface area contributed by atoms with Crippen LogP contribution in [0.2, 0.25) is 0 Å². The van der Waals surface area contributed by atoms with Crippen molar-refractivity contribution < 1.29 is 51.9 Å². The van der Waals surface area contributed by atoms with E-state index in [1.54, 1.807) is 6.08 Å². The summed E-state index contributed by atoms with van der Waals surface area (Å²) in [6.45, 7) is 11.7. The summed E-state index contributed by atoms with van der Waals surface area (Å²) < 4.78 is 33.6. The molecule has 0 spiro atoms. The predicted molar refractivity (Wildman–Crippen MR) is 284 cm³/mol. The highest BCUT2D eigenvalue weighted by Crippen LogP contribution is 2.66. The van der Waals surface area contributed by atoms with Crippen LogP contribution in [-0.2, 0) is 27.7 Å². The zero-order valence-electron chi connectivity index (χ0n) is 41.2. The third-order valence-electron chi connectivity index (χ3n) is 14.7. The fourth-order valence-electron chi connectivity index (χ4n) is 11.8. The lowest BCUT2D eigenvalue weighted by molar-refractivity contribution is -0.140. The first-order chi connectivity index (χ1) is 33.7. The van der Waals surface area contributed by atoms with Crippen LogP contribution in [0.3, 0.4) is 0 Å². The van der Waals surface area contributed by atoms with Gasteiger partial charge in [0.25, 0.3) is 0 Å². The van der Waals surface area contributed by atoms with Gasteiger partial charge in [0.1, 0.15) is 25.2 Å². The van der Waals surface area contributed by atoms with E-state index in [-0.39, 0.29) is 41.8 Å². The monoisotopic (exact) mass is 1040 g/mol. The number of fused-ring (bicyclic) bond motifs is 6. The van der Waals surface area contributed by atoms with E-state index in [0.29, 0.717) is 24.4 Å². The molecule has 380 valence electrons. The Balaban J connectivity index is 0.000000620. The van der Waals surface area contributed by atoms with Crippen LogP contribution in [0.25, 0.3) is 11.1 Å². The number of amides is 1. The van der Waals surface area contributed by atoms with Gasteiger partial charge in [-0.3, -0.25) is 19.4 Å². The number of aliphatic hydroxyl groups is 1. The van der Waals surface area contributed by atoms with Gasteiger partial charge in [0.05, 0.1) is 6.10 Å². The maximum absolute atomic E-state index is 13.6. The number of carbonyl (C=O) groups excluding carboxylic acids is 3. The minimum Gasteiger partial charge on any atom is -0.448 e. The number of aldehydes is 1. The molecular formula is C54H71NO11P2S2. The Bertz CT molecular complexity index is 2360. The molecule has 0 aromatic heterocycles. The van der Waals surface area contributed by atoms with Gasteiger partial charge >= 0.3 is 22.5 Å². The largest absolute Gasteiger partial charge is 0.480 e. The summed E-state index contributed by atoms with van der Waals surface area (Å²) in [5.41, 5.74) is 4.79. The Morgan fingerprint density at radius 2 is 1.60 bits per heavy atom. The van der Waals surface area contributed by atoms with Crippen molar-refractivity contribution in [3.8, 4) is 28.7 Å². The van der Waals surface area contributed by atoms with Crippen molar-refractivity contribution in [3.63, 3.8) is 0 Å². The van der Waals surface area contributed by atoms with E-state index in [9.17, 15) is 33.8 Å². The van der Waals surface area contributed by atoms with Gasteiger partial charge in [0.15, 0.2) is 5.78 Å². The maximum atomic E-state index is 13.6. The van der Waals surface area contributed by atoms with E-state index in [0.717, 1.165) is 59.8 Å². The number of hydrogen-bond acceptors (Lipinski definition) is 12. The minimum absolute atomic E-state index is 0.0823. The number of thiol groups is 2. The number of phosphoric ester groups is 1. The zero-order chi connectivity index (χ0) is 51.1. The van der Waals surface area contributed by atoms with Crippen molar-refractivity contribution >= 4 is 63.6 Å². The molecule has 4 N–H and O–H groups in total. The number of nitrogens with one attached hydrogen (secondary N) is 1. The van der Waals surface area contributed by atoms with Crippen LogP contribution in [0.1, 0.15) is 123 Å². The normalized spacial score (nSPS) is 28.2. The van der Waals surface area contributed by atoms with Crippen molar-refractivity contribution in [2.45, 2.75) is 118 Å². The Kier molecular flexibility index (Phi) is 21.9. The summed E-state index contributed by atoms with van der Waals surface area (Å²) in [6.07, 6.45) is 14.8. The molecule has 10 unspecified atom stereocenters. The van der Waals surface area contributed by atoms with Gasteiger partial charge in [-0.05, 0) is 122 Å². The summed E-state index contributed by atoms with van der Waals surface area (Å²) in [6, 6.07) is 21.9. The summed E-state index contributed by atoms with van der Waals surface area (Å²) in [7, 11) is -7.88. The maximum Gasteiger partial charge on any atom is 0.480 e. The summed E-state index contributed by atoms with van der Waals surface area (Å²) in [4.78, 5) is 58.6. The van der Waals surface area contributed by atoms with Crippen LogP contribution < -0.4 is 9.84 Å². The average molecular weight is 1040 g/mol. The minimum atomic E-state index is -4.93. The molecule has 3 aromatic carbocycles. The fraction of sp³-hybridized carbons (Fsp3) is 0.500. The molecule has 12 nitrogen and oxygen atoms in total.